The first-order valence-corrected chi connectivity index (χ1v) is 3.60. The summed E-state index contributed by atoms with van der Waals surface area (Å²) < 4.78 is 5.31. The Morgan fingerprint density at radius 1 is 1.64 bits per heavy atom. The van der Waals surface area contributed by atoms with Crippen LogP contribution in [-0.2, 0) is 0 Å². The number of hydrogen-bond donors (Lipinski definition) is 1. The molecule has 0 bridgehead atoms. The van der Waals surface area contributed by atoms with Crippen molar-refractivity contribution in [2.24, 2.45) is 5.73 Å². The zero-order chi connectivity index (χ0) is 8.43. The Kier molecular flexibility index (Phi) is 2.15. The summed E-state index contributed by atoms with van der Waals surface area (Å²) in [7, 11) is 0. The van der Waals surface area contributed by atoms with Crippen LogP contribution in [0.5, 0.6) is 0 Å². The average Bonchev–Trinajstić information content (AvgIpc) is 2.28. The minimum atomic E-state index is -0.104. The van der Waals surface area contributed by atoms with E-state index in [0.29, 0.717) is 0 Å². The largest absolute Gasteiger partial charge is 0.466 e. The van der Waals surface area contributed by atoms with Crippen molar-refractivity contribution in [3.8, 4) is 0 Å². The van der Waals surface area contributed by atoms with Crippen LogP contribution in [0.3, 0.4) is 0 Å². The summed E-state index contributed by atoms with van der Waals surface area (Å²) in [5.41, 5.74) is 6.76. The third kappa shape index (κ3) is 1.52. The Labute approximate surface area is 66.7 Å². The predicted octanol–water partition coefficient (Wildman–Crippen LogP) is 2.08. The molecule has 1 aromatic heterocycles. The SMILES string of the molecule is C=C[C@@H](N)c1cc(C)oc1C. The normalized spacial score (nSPS) is 13.0. The first-order chi connectivity index (χ1) is 5.15. The van der Waals surface area contributed by atoms with E-state index in [-0.39, 0.29) is 6.04 Å². The molecule has 0 spiro atoms. The van der Waals surface area contributed by atoms with Crippen LogP contribution in [0, 0.1) is 13.8 Å². The summed E-state index contributed by atoms with van der Waals surface area (Å²) in [4.78, 5) is 0. The summed E-state index contributed by atoms with van der Waals surface area (Å²) in [6.45, 7) is 7.44. The van der Waals surface area contributed by atoms with E-state index >= 15 is 0 Å². The van der Waals surface area contributed by atoms with Gasteiger partial charge in [0.25, 0.3) is 0 Å². The van der Waals surface area contributed by atoms with Crippen molar-refractivity contribution in [2.75, 3.05) is 0 Å². The molecule has 2 N–H and O–H groups in total. The summed E-state index contributed by atoms with van der Waals surface area (Å²) in [6.07, 6.45) is 1.71. The second kappa shape index (κ2) is 2.93. The zero-order valence-electron chi connectivity index (χ0n) is 6.92. The third-order valence-corrected chi connectivity index (χ3v) is 1.69. The van der Waals surface area contributed by atoms with Crippen molar-refractivity contribution < 1.29 is 4.42 Å². The maximum Gasteiger partial charge on any atom is 0.106 e. The van der Waals surface area contributed by atoms with Gasteiger partial charge in [0.1, 0.15) is 11.5 Å². The maximum absolute atomic E-state index is 5.73. The lowest BCUT2D eigenvalue weighted by Crippen LogP contribution is -2.06. The van der Waals surface area contributed by atoms with Gasteiger partial charge in [-0.15, -0.1) is 6.58 Å². The van der Waals surface area contributed by atoms with E-state index in [1.54, 1.807) is 6.08 Å². The number of furan rings is 1. The molecule has 0 aliphatic heterocycles. The average molecular weight is 151 g/mol. The number of nitrogens with two attached hydrogens (primary N) is 1. The van der Waals surface area contributed by atoms with Crippen LogP contribution >= 0.6 is 0 Å². The molecule has 60 valence electrons. The molecule has 2 heteroatoms. The standard InChI is InChI=1S/C9H13NO/c1-4-9(10)8-5-6(2)11-7(8)3/h4-5,9H,1,10H2,2-3H3/t9-/m1/s1. The summed E-state index contributed by atoms with van der Waals surface area (Å²) in [6, 6.07) is 1.84. The molecule has 0 radical (unpaired) electrons. The van der Waals surface area contributed by atoms with Crippen LogP contribution in [0.2, 0.25) is 0 Å². The van der Waals surface area contributed by atoms with Gasteiger partial charge in [0.15, 0.2) is 0 Å². The van der Waals surface area contributed by atoms with E-state index in [1.807, 2.05) is 19.9 Å². The molecule has 0 fully saturated rings. The number of rotatable bonds is 2. The van der Waals surface area contributed by atoms with Gasteiger partial charge in [0.2, 0.25) is 0 Å². The van der Waals surface area contributed by atoms with Gasteiger partial charge in [-0.1, -0.05) is 6.08 Å². The van der Waals surface area contributed by atoms with Gasteiger partial charge in [-0.05, 0) is 19.9 Å². The van der Waals surface area contributed by atoms with Gasteiger partial charge < -0.3 is 10.2 Å². The molecule has 0 saturated carbocycles. The molecule has 0 aliphatic carbocycles. The molecule has 2 nitrogen and oxygen atoms in total. The molecule has 0 aromatic carbocycles. The molecule has 0 saturated heterocycles. The second-order valence-corrected chi connectivity index (χ2v) is 2.63. The van der Waals surface area contributed by atoms with E-state index in [4.69, 9.17) is 10.2 Å². The van der Waals surface area contributed by atoms with Crippen molar-refractivity contribution in [1.29, 1.82) is 0 Å². The fourth-order valence-electron chi connectivity index (χ4n) is 1.11. The molecule has 1 atom stereocenters. The lowest BCUT2D eigenvalue weighted by molar-refractivity contribution is 0.500. The van der Waals surface area contributed by atoms with Gasteiger partial charge in [0, 0.05) is 5.56 Å². The van der Waals surface area contributed by atoms with Crippen LogP contribution < -0.4 is 5.73 Å². The Balaban J connectivity index is 3.02. The Hall–Kier alpha value is -1.02. The first-order valence-electron chi connectivity index (χ1n) is 3.60. The molecule has 1 aromatic rings. The lowest BCUT2D eigenvalue weighted by Gasteiger charge is -2.01. The predicted molar refractivity (Wildman–Crippen MR) is 45.3 cm³/mol. The lowest BCUT2D eigenvalue weighted by atomic mass is 10.1. The Morgan fingerprint density at radius 3 is 2.64 bits per heavy atom. The highest BCUT2D eigenvalue weighted by atomic mass is 16.3. The minimum absolute atomic E-state index is 0.104. The van der Waals surface area contributed by atoms with E-state index in [2.05, 4.69) is 6.58 Å². The molecule has 0 amide bonds. The van der Waals surface area contributed by atoms with Gasteiger partial charge in [0.05, 0.1) is 6.04 Å². The zero-order valence-corrected chi connectivity index (χ0v) is 6.92. The van der Waals surface area contributed by atoms with E-state index in [9.17, 15) is 0 Å². The fourth-order valence-corrected chi connectivity index (χ4v) is 1.11. The third-order valence-electron chi connectivity index (χ3n) is 1.69. The quantitative estimate of drug-likeness (QED) is 0.657. The van der Waals surface area contributed by atoms with Gasteiger partial charge >= 0.3 is 0 Å². The second-order valence-electron chi connectivity index (χ2n) is 2.63. The molecule has 0 unspecified atom stereocenters. The summed E-state index contributed by atoms with van der Waals surface area (Å²) in [5.74, 6) is 1.78. The topological polar surface area (TPSA) is 39.2 Å². The molecule has 1 rings (SSSR count). The first kappa shape index (κ1) is 8.08. The van der Waals surface area contributed by atoms with Crippen LogP contribution in [0.1, 0.15) is 23.1 Å². The number of hydrogen-bond acceptors (Lipinski definition) is 2. The Bertz CT molecular complexity index is 263. The number of aryl methyl sites for hydroxylation is 2. The highest BCUT2D eigenvalue weighted by molar-refractivity contribution is 5.26. The van der Waals surface area contributed by atoms with Crippen molar-refractivity contribution in [3.05, 3.63) is 35.8 Å². The molecule has 0 aliphatic rings. The maximum atomic E-state index is 5.73. The van der Waals surface area contributed by atoms with Gasteiger partial charge in [-0.2, -0.15) is 0 Å². The van der Waals surface area contributed by atoms with Gasteiger partial charge in [-0.3, -0.25) is 0 Å². The fraction of sp³-hybridized carbons (Fsp3) is 0.333. The van der Waals surface area contributed by atoms with E-state index < -0.39 is 0 Å². The van der Waals surface area contributed by atoms with Crippen molar-refractivity contribution in [3.63, 3.8) is 0 Å². The molecular formula is C9H13NO. The van der Waals surface area contributed by atoms with Gasteiger partial charge in [-0.25, -0.2) is 0 Å². The van der Waals surface area contributed by atoms with Crippen LogP contribution in [-0.4, -0.2) is 0 Å². The van der Waals surface area contributed by atoms with E-state index in [1.165, 1.54) is 0 Å². The highest BCUT2D eigenvalue weighted by Crippen LogP contribution is 2.19. The summed E-state index contributed by atoms with van der Waals surface area (Å²) in [5, 5.41) is 0. The Morgan fingerprint density at radius 2 is 2.27 bits per heavy atom. The smallest absolute Gasteiger partial charge is 0.106 e. The van der Waals surface area contributed by atoms with Crippen molar-refractivity contribution in [2.45, 2.75) is 19.9 Å². The van der Waals surface area contributed by atoms with E-state index in [0.717, 1.165) is 17.1 Å². The van der Waals surface area contributed by atoms with Crippen LogP contribution in [0.4, 0.5) is 0 Å². The van der Waals surface area contributed by atoms with Crippen molar-refractivity contribution >= 4 is 0 Å². The highest BCUT2D eigenvalue weighted by Gasteiger charge is 2.08. The van der Waals surface area contributed by atoms with Crippen LogP contribution in [0.25, 0.3) is 0 Å². The molecule has 1 heterocycles. The monoisotopic (exact) mass is 151 g/mol. The summed E-state index contributed by atoms with van der Waals surface area (Å²) >= 11 is 0. The van der Waals surface area contributed by atoms with Crippen molar-refractivity contribution in [1.82, 2.24) is 0 Å². The molecular weight excluding hydrogens is 138 g/mol. The minimum Gasteiger partial charge on any atom is -0.466 e. The molecule has 11 heavy (non-hydrogen) atoms. The van der Waals surface area contributed by atoms with Crippen LogP contribution in [0.15, 0.2) is 23.1 Å².